The topological polar surface area (TPSA) is 42.7 Å². The largest absolute Gasteiger partial charge is 0.329 e. The van der Waals surface area contributed by atoms with E-state index >= 15 is 0 Å². The molecule has 4 heteroatoms. The predicted molar refractivity (Wildman–Crippen MR) is 81.6 cm³/mol. The van der Waals surface area contributed by atoms with Gasteiger partial charge < -0.3 is 9.88 Å². The average molecular weight is 272 g/mol. The molecule has 108 valence electrons. The molecule has 20 heavy (non-hydrogen) atoms. The fourth-order valence-electron chi connectivity index (χ4n) is 2.08. The monoisotopic (exact) mass is 272 g/mol. The van der Waals surface area contributed by atoms with E-state index in [0.717, 1.165) is 36.7 Å². The van der Waals surface area contributed by atoms with Gasteiger partial charge in [0.25, 0.3) is 0 Å². The molecule has 0 aromatic carbocycles. The van der Waals surface area contributed by atoms with Gasteiger partial charge >= 0.3 is 0 Å². The summed E-state index contributed by atoms with van der Waals surface area (Å²) in [5.41, 5.74) is 4.46. The Hall–Kier alpha value is -1.68. The Kier molecular flexibility index (Phi) is 4.90. The van der Waals surface area contributed by atoms with Crippen LogP contribution < -0.4 is 5.32 Å². The van der Waals surface area contributed by atoms with Crippen LogP contribution in [0.1, 0.15) is 36.6 Å². The minimum atomic E-state index is 0.662. The van der Waals surface area contributed by atoms with Crippen LogP contribution >= 0.6 is 0 Å². The van der Waals surface area contributed by atoms with E-state index in [1.54, 1.807) is 0 Å². The van der Waals surface area contributed by atoms with Gasteiger partial charge in [-0.1, -0.05) is 19.9 Å². The van der Waals surface area contributed by atoms with Crippen LogP contribution in [0.5, 0.6) is 0 Å². The highest BCUT2D eigenvalue weighted by Gasteiger charge is 2.04. The van der Waals surface area contributed by atoms with E-state index in [2.05, 4.69) is 53.8 Å². The Morgan fingerprint density at radius 3 is 2.60 bits per heavy atom. The number of rotatable bonds is 6. The second-order valence-electron chi connectivity index (χ2n) is 5.69. The molecule has 0 bridgehead atoms. The van der Waals surface area contributed by atoms with Crippen molar-refractivity contribution in [3.63, 3.8) is 0 Å². The van der Waals surface area contributed by atoms with Crippen molar-refractivity contribution >= 4 is 0 Å². The first-order valence-electron chi connectivity index (χ1n) is 7.20. The van der Waals surface area contributed by atoms with Gasteiger partial charge in [0.2, 0.25) is 0 Å². The van der Waals surface area contributed by atoms with E-state index in [-0.39, 0.29) is 0 Å². The molecule has 2 aromatic rings. The number of pyridine rings is 1. The molecule has 0 radical (unpaired) electrons. The molecule has 0 unspecified atom stereocenters. The molecule has 0 spiro atoms. The summed E-state index contributed by atoms with van der Waals surface area (Å²) in [7, 11) is 0. The molecule has 2 aromatic heterocycles. The lowest BCUT2D eigenvalue weighted by Gasteiger charge is -2.09. The molecule has 0 aliphatic heterocycles. The number of nitrogens with zero attached hydrogens (tertiary/aromatic N) is 3. The first kappa shape index (κ1) is 14.7. The normalized spacial score (nSPS) is 11.2. The first-order valence-corrected chi connectivity index (χ1v) is 7.20. The Balaban J connectivity index is 2.00. The maximum Gasteiger partial charge on any atom is 0.0955 e. The van der Waals surface area contributed by atoms with Crippen molar-refractivity contribution in [3.8, 4) is 0 Å². The third kappa shape index (κ3) is 3.90. The van der Waals surface area contributed by atoms with Crippen molar-refractivity contribution in [3.05, 3.63) is 47.3 Å². The van der Waals surface area contributed by atoms with Crippen LogP contribution in [-0.4, -0.2) is 21.1 Å². The molecular formula is C16H24N4. The van der Waals surface area contributed by atoms with Crippen LogP contribution in [-0.2, 0) is 13.1 Å². The molecule has 0 saturated carbocycles. The van der Waals surface area contributed by atoms with Crippen molar-refractivity contribution in [2.45, 2.75) is 40.8 Å². The summed E-state index contributed by atoms with van der Waals surface area (Å²) in [6.07, 6.45) is 1.88. The molecular weight excluding hydrogens is 248 g/mol. The maximum atomic E-state index is 4.70. The van der Waals surface area contributed by atoms with Crippen LogP contribution in [0.3, 0.4) is 0 Å². The van der Waals surface area contributed by atoms with Gasteiger partial charge in [-0.15, -0.1) is 0 Å². The molecule has 0 fully saturated rings. The quantitative estimate of drug-likeness (QED) is 0.879. The van der Waals surface area contributed by atoms with Crippen molar-refractivity contribution in [2.75, 3.05) is 6.54 Å². The second-order valence-corrected chi connectivity index (χ2v) is 5.69. The van der Waals surface area contributed by atoms with E-state index in [4.69, 9.17) is 4.98 Å². The third-order valence-electron chi connectivity index (χ3n) is 3.40. The Morgan fingerprint density at radius 2 is 1.95 bits per heavy atom. The van der Waals surface area contributed by atoms with E-state index in [1.165, 1.54) is 5.69 Å². The zero-order chi connectivity index (χ0) is 14.5. The fraction of sp³-hybridized carbons (Fsp3) is 0.500. The van der Waals surface area contributed by atoms with Crippen LogP contribution in [0.25, 0.3) is 0 Å². The number of hydrogen-bond donors (Lipinski definition) is 1. The van der Waals surface area contributed by atoms with Crippen LogP contribution in [0.15, 0.2) is 24.5 Å². The summed E-state index contributed by atoms with van der Waals surface area (Å²) in [6, 6.07) is 6.22. The molecule has 2 rings (SSSR count). The molecule has 0 aliphatic carbocycles. The smallest absolute Gasteiger partial charge is 0.0955 e. The van der Waals surface area contributed by atoms with Crippen LogP contribution in [0.2, 0.25) is 0 Å². The maximum absolute atomic E-state index is 4.70. The Bertz CT molecular complexity index is 557. The minimum Gasteiger partial charge on any atom is -0.329 e. The Morgan fingerprint density at radius 1 is 1.20 bits per heavy atom. The van der Waals surface area contributed by atoms with Crippen molar-refractivity contribution in [1.29, 1.82) is 0 Å². The lowest BCUT2D eigenvalue weighted by Crippen LogP contribution is -2.20. The molecule has 0 amide bonds. The number of hydrogen-bond acceptors (Lipinski definition) is 3. The molecule has 1 N–H and O–H groups in total. The fourth-order valence-corrected chi connectivity index (χ4v) is 2.08. The van der Waals surface area contributed by atoms with E-state index in [9.17, 15) is 0 Å². The summed E-state index contributed by atoms with van der Waals surface area (Å²) in [6.45, 7) is 11.2. The van der Waals surface area contributed by atoms with E-state index in [0.29, 0.717) is 5.92 Å². The summed E-state index contributed by atoms with van der Waals surface area (Å²) in [5.74, 6) is 0.662. The highest BCUT2D eigenvalue weighted by atomic mass is 15.1. The number of aromatic nitrogens is 3. The van der Waals surface area contributed by atoms with Gasteiger partial charge in [-0.2, -0.15) is 0 Å². The van der Waals surface area contributed by atoms with Crippen LogP contribution in [0.4, 0.5) is 0 Å². The lowest BCUT2D eigenvalue weighted by atomic mass is 10.2. The van der Waals surface area contributed by atoms with Crippen molar-refractivity contribution in [2.24, 2.45) is 5.92 Å². The van der Waals surface area contributed by atoms with Gasteiger partial charge in [-0.25, -0.2) is 4.98 Å². The average Bonchev–Trinajstić information content (AvgIpc) is 2.71. The van der Waals surface area contributed by atoms with Crippen molar-refractivity contribution in [1.82, 2.24) is 19.9 Å². The van der Waals surface area contributed by atoms with Gasteiger partial charge in [-0.3, -0.25) is 4.98 Å². The SMILES string of the molecule is Cc1ncn(Cc2cccc(CNCC(C)C)n2)c1C. The standard InChI is InChI=1S/C16H24N4/c1-12(2)8-17-9-15-6-5-7-16(19-15)10-20-11-18-13(3)14(20)4/h5-7,11-12,17H,8-10H2,1-4H3. The second kappa shape index (κ2) is 6.66. The van der Waals surface area contributed by atoms with Crippen LogP contribution in [0, 0.1) is 19.8 Å². The van der Waals surface area contributed by atoms with Crippen molar-refractivity contribution < 1.29 is 0 Å². The highest BCUT2D eigenvalue weighted by molar-refractivity contribution is 5.15. The first-order chi connectivity index (χ1) is 9.56. The highest BCUT2D eigenvalue weighted by Crippen LogP contribution is 2.08. The molecule has 4 nitrogen and oxygen atoms in total. The van der Waals surface area contributed by atoms with Gasteiger partial charge in [0.15, 0.2) is 0 Å². The van der Waals surface area contributed by atoms with Gasteiger partial charge in [-0.05, 0) is 38.4 Å². The third-order valence-corrected chi connectivity index (χ3v) is 3.40. The number of nitrogens with one attached hydrogen (secondary N) is 1. The Labute approximate surface area is 121 Å². The zero-order valence-corrected chi connectivity index (χ0v) is 12.8. The number of imidazole rings is 1. The van der Waals surface area contributed by atoms with Gasteiger partial charge in [0.05, 0.1) is 30.0 Å². The molecule has 2 heterocycles. The summed E-state index contributed by atoms with van der Waals surface area (Å²) in [5, 5.41) is 3.43. The van der Waals surface area contributed by atoms with E-state index in [1.807, 2.05) is 13.3 Å². The summed E-state index contributed by atoms with van der Waals surface area (Å²) >= 11 is 0. The zero-order valence-electron chi connectivity index (χ0n) is 12.8. The summed E-state index contributed by atoms with van der Waals surface area (Å²) in [4.78, 5) is 9.03. The molecule has 0 saturated heterocycles. The summed E-state index contributed by atoms with van der Waals surface area (Å²) < 4.78 is 2.14. The predicted octanol–water partition coefficient (Wildman–Crippen LogP) is 2.69. The van der Waals surface area contributed by atoms with Gasteiger partial charge in [0.1, 0.15) is 0 Å². The molecule has 0 aliphatic rings. The lowest BCUT2D eigenvalue weighted by molar-refractivity contribution is 0.547. The number of aryl methyl sites for hydroxylation is 1. The van der Waals surface area contributed by atoms with E-state index < -0.39 is 0 Å². The molecule has 0 atom stereocenters. The minimum absolute atomic E-state index is 0.662. The van der Waals surface area contributed by atoms with Gasteiger partial charge in [0, 0.05) is 12.2 Å².